The van der Waals surface area contributed by atoms with Crippen LogP contribution in [0.25, 0.3) is 0 Å². The SMILES string of the molecule is O=C1c2ccncc2OCCN1C[C@H](O)CN1CCc2ccccc2C1. The predicted molar refractivity (Wildman–Crippen MR) is 97.1 cm³/mol. The Balaban J connectivity index is 1.38. The second-order valence-electron chi connectivity index (χ2n) is 6.88. The van der Waals surface area contributed by atoms with Crippen LogP contribution < -0.4 is 4.74 Å². The van der Waals surface area contributed by atoms with Gasteiger partial charge in [0.25, 0.3) is 5.91 Å². The molecule has 0 saturated carbocycles. The first-order chi connectivity index (χ1) is 12.7. The van der Waals surface area contributed by atoms with E-state index in [1.54, 1.807) is 23.4 Å². The van der Waals surface area contributed by atoms with Crippen LogP contribution >= 0.6 is 0 Å². The Hall–Kier alpha value is -2.44. The summed E-state index contributed by atoms with van der Waals surface area (Å²) >= 11 is 0. The molecule has 2 aliphatic rings. The van der Waals surface area contributed by atoms with Gasteiger partial charge in [0.2, 0.25) is 0 Å². The number of β-amino-alcohol motifs (C(OH)–C–C–N with tert-alkyl or cyclic N) is 1. The average molecular weight is 353 g/mol. The molecule has 0 spiro atoms. The highest BCUT2D eigenvalue weighted by Gasteiger charge is 2.26. The number of hydrogen-bond acceptors (Lipinski definition) is 5. The van der Waals surface area contributed by atoms with Gasteiger partial charge >= 0.3 is 0 Å². The summed E-state index contributed by atoms with van der Waals surface area (Å²) in [5, 5.41) is 10.6. The van der Waals surface area contributed by atoms with Crippen LogP contribution in [0.1, 0.15) is 21.5 Å². The van der Waals surface area contributed by atoms with Crippen molar-refractivity contribution >= 4 is 5.91 Å². The third kappa shape index (κ3) is 3.57. The number of carbonyl (C=O) groups excluding carboxylic acids is 1. The minimum Gasteiger partial charge on any atom is -0.489 e. The average Bonchev–Trinajstić information content (AvgIpc) is 2.81. The van der Waals surface area contributed by atoms with E-state index in [1.165, 1.54) is 11.1 Å². The molecule has 26 heavy (non-hydrogen) atoms. The number of amides is 1. The zero-order valence-electron chi connectivity index (χ0n) is 14.7. The number of nitrogens with zero attached hydrogens (tertiary/aromatic N) is 3. The molecule has 1 aromatic heterocycles. The Labute approximate surface area is 153 Å². The summed E-state index contributed by atoms with van der Waals surface area (Å²) in [4.78, 5) is 20.7. The normalized spacial score (nSPS) is 18.5. The molecule has 1 amide bonds. The molecule has 0 unspecified atom stereocenters. The standard InChI is InChI=1S/C20H23N3O3/c24-17(13-22-8-6-15-3-1-2-4-16(15)12-22)14-23-9-10-26-19-11-21-7-5-18(19)20(23)25/h1-5,7,11,17,24H,6,8-10,12-14H2/t17-/m1/s1. The summed E-state index contributed by atoms with van der Waals surface area (Å²) in [6.45, 7) is 3.52. The highest BCUT2D eigenvalue weighted by atomic mass is 16.5. The van der Waals surface area contributed by atoms with E-state index in [1.807, 2.05) is 0 Å². The summed E-state index contributed by atoms with van der Waals surface area (Å²) in [7, 11) is 0. The molecule has 1 N–H and O–H groups in total. The van der Waals surface area contributed by atoms with Gasteiger partial charge in [-0.25, -0.2) is 0 Å². The van der Waals surface area contributed by atoms with Gasteiger partial charge in [0.15, 0.2) is 0 Å². The molecular formula is C20H23N3O3. The number of benzene rings is 1. The molecule has 0 fully saturated rings. The molecule has 0 saturated heterocycles. The van der Waals surface area contributed by atoms with Crippen molar-refractivity contribution in [3.8, 4) is 5.75 Å². The number of rotatable bonds is 4. The molecule has 0 radical (unpaired) electrons. The van der Waals surface area contributed by atoms with E-state index in [0.717, 1.165) is 19.5 Å². The van der Waals surface area contributed by atoms with Crippen molar-refractivity contribution in [2.75, 3.05) is 32.8 Å². The van der Waals surface area contributed by atoms with Gasteiger partial charge in [0.05, 0.1) is 24.4 Å². The Morgan fingerprint density at radius 3 is 2.88 bits per heavy atom. The predicted octanol–water partition coefficient (Wildman–Crippen LogP) is 1.34. The van der Waals surface area contributed by atoms with Crippen LogP contribution in [-0.4, -0.2) is 64.7 Å². The van der Waals surface area contributed by atoms with E-state index < -0.39 is 6.10 Å². The van der Waals surface area contributed by atoms with Gasteiger partial charge in [-0.1, -0.05) is 24.3 Å². The quantitative estimate of drug-likeness (QED) is 0.898. The summed E-state index contributed by atoms with van der Waals surface area (Å²) in [5.74, 6) is 0.407. The molecule has 0 aliphatic carbocycles. The van der Waals surface area contributed by atoms with Crippen LogP contribution in [0.3, 0.4) is 0 Å². The van der Waals surface area contributed by atoms with Gasteiger partial charge in [-0.2, -0.15) is 0 Å². The Kier molecular flexibility index (Phi) is 4.86. The molecular weight excluding hydrogens is 330 g/mol. The largest absolute Gasteiger partial charge is 0.489 e. The maximum Gasteiger partial charge on any atom is 0.257 e. The van der Waals surface area contributed by atoms with E-state index >= 15 is 0 Å². The fourth-order valence-corrected chi connectivity index (χ4v) is 3.70. The third-order valence-corrected chi connectivity index (χ3v) is 5.03. The number of ether oxygens (including phenoxy) is 1. The summed E-state index contributed by atoms with van der Waals surface area (Å²) < 4.78 is 5.60. The maximum atomic E-state index is 12.7. The van der Waals surface area contributed by atoms with Crippen LogP contribution in [0, 0.1) is 0 Å². The smallest absolute Gasteiger partial charge is 0.257 e. The number of pyridine rings is 1. The molecule has 2 aliphatic heterocycles. The summed E-state index contributed by atoms with van der Waals surface area (Å²) in [5.41, 5.74) is 3.23. The molecule has 4 rings (SSSR count). The molecule has 6 heteroatoms. The number of aliphatic hydroxyl groups excluding tert-OH is 1. The lowest BCUT2D eigenvalue weighted by atomic mass is 10.00. The second kappa shape index (κ2) is 7.43. The summed E-state index contributed by atoms with van der Waals surface area (Å²) in [6.07, 6.45) is 3.57. The molecule has 0 bridgehead atoms. The first-order valence-corrected chi connectivity index (χ1v) is 9.04. The van der Waals surface area contributed by atoms with Crippen LogP contribution in [-0.2, 0) is 13.0 Å². The molecule has 1 aromatic carbocycles. The van der Waals surface area contributed by atoms with E-state index in [4.69, 9.17) is 4.74 Å². The number of carbonyl (C=O) groups is 1. The molecule has 6 nitrogen and oxygen atoms in total. The zero-order chi connectivity index (χ0) is 17.9. The van der Waals surface area contributed by atoms with Crippen molar-refractivity contribution in [2.45, 2.75) is 19.1 Å². The van der Waals surface area contributed by atoms with E-state index in [-0.39, 0.29) is 5.91 Å². The highest BCUT2D eigenvalue weighted by Crippen LogP contribution is 2.22. The van der Waals surface area contributed by atoms with E-state index in [9.17, 15) is 9.90 Å². The van der Waals surface area contributed by atoms with Crippen molar-refractivity contribution in [1.82, 2.24) is 14.8 Å². The Morgan fingerprint density at radius 2 is 2.00 bits per heavy atom. The third-order valence-electron chi connectivity index (χ3n) is 5.03. The first kappa shape index (κ1) is 17.0. The Morgan fingerprint density at radius 1 is 1.15 bits per heavy atom. The number of aliphatic hydroxyl groups is 1. The van der Waals surface area contributed by atoms with Crippen LogP contribution in [0.15, 0.2) is 42.7 Å². The lowest BCUT2D eigenvalue weighted by Crippen LogP contribution is -2.44. The van der Waals surface area contributed by atoms with Gasteiger partial charge in [0.1, 0.15) is 12.4 Å². The number of fused-ring (bicyclic) bond motifs is 2. The lowest BCUT2D eigenvalue weighted by Gasteiger charge is -2.32. The van der Waals surface area contributed by atoms with Crippen molar-refractivity contribution in [1.29, 1.82) is 0 Å². The van der Waals surface area contributed by atoms with Crippen LogP contribution in [0.4, 0.5) is 0 Å². The van der Waals surface area contributed by atoms with Crippen molar-refractivity contribution in [2.24, 2.45) is 0 Å². The molecule has 1 atom stereocenters. The maximum absolute atomic E-state index is 12.7. The number of aromatic nitrogens is 1. The van der Waals surface area contributed by atoms with Gasteiger partial charge in [-0.3, -0.25) is 14.7 Å². The van der Waals surface area contributed by atoms with Crippen molar-refractivity contribution in [3.05, 3.63) is 59.4 Å². The van der Waals surface area contributed by atoms with E-state index in [2.05, 4.69) is 34.1 Å². The molecule has 2 aromatic rings. The molecule has 136 valence electrons. The minimum absolute atomic E-state index is 0.108. The second-order valence-corrected chi connectivity index (χ2v) is 6.88. The topological polar surface area (TPSA) is 65.9 Å². The van der Waals surface area contributed by atoms with Gasteiger partial charge < -0.3 is 14.7 Å². The van der Waals surface area contributed by atoms with Crippen molar-refractivity contribution < 1.29 is 14.6 Å². The highest BCUT2D eigenvalue weighted by molar-refractivity contribution is 5.97. The zero-order valence-corrected chi connectivity index (χ0v) is 14.7. The lowest BCUT2D eigenvalue weighted by molar-refractivity contribution is 0.0501. The van der Waals surface area contributed by atoms with Gasteiger partial charge in [-0.15, -0.1) is 0 Å². The number of hydrogen-bond donors (Lipinski definition) is 1. The fourth-order valence-electron chi connectivity index (χ4n) is 3.70. The summed E-state index contributed by atoms with van der Waals surface area (Å²) in [6, 6.07) is 10.1. The van der Waals surface area contributed by atoms with Crippen LogP contribution in [0.2, 0.25) is 0 Å². The van der Waals surface area contributed by atoms with Gasteiger partial charge in [-0.05, 0) is 23.6 Å². The fraction of sp³-hybridized carbons (Fsp3) is 0.400. The van der Waals surface area contributed by atoms with Crippen LogP contribution in [0.5, 0.6) is 5.75 Å². The first-order valence-electron chi connectivity index (χ1n) is 9.04. The van der Waals surface area contributed by atoms with Crippen molar-refractivity contribution in [3.63, 3.8) is 0 Å². The Bertz CT molecular complexity index is 795. The molecule has 3 heterocycles. The van der Waals surface area contributed by atoms with Gasteiger partial charge in [0, 0.05) is 32.4 Å². The monoisotopic (exact) mass is 353 g/mol. The van der Waals surface area contributed by atoms with E-state index in [0.29, 0.717) is 37.6 Å². The minimum atomic E-state index is -0.590.